The van der Waals surface area contributed by atoms with Gasteiger partial charge in [0.05, 0.1) is 6.54 Å². The highest BCUT2D eigenvalue weighted by Crippen LogP contribution is 2.20. The van der Waals surface area contributed by atoms with Gasteiger partial charge < -0.3 is 10.2 Å². The summed E-state index contributed by atoms with van der Waals surface area (Å²) in [5, 5.41) is 5.35. The van der Waals surface area contributed by atoms with Gasteiger partial charge in [-0.2, -0.15) is 15.0 Å². The number of thiophene rings is 1. The van der Waals surface area contributed by atoms with Crippen molar-refractivity contribution >= 4 is 34.8 Å². The third kappa shape index (κ3) is 3.80. The molecule has 0 aliphatic carbocycles. The van der Waals surface area contributed by atoms with Crippen molar-refractivity contribution < 1.29 is 0 Å². The Morgan fingerprint density at radius 3 is 2.75 bits per heavy atom. The van der Waals surface area contributed by atoms with Gasteiger partial charge in [0.25, 0.3) is 0 Å². The molecule has 0 radical (unpaired) electrons. The fraction of sp³-hybridized carbons (Fsp3) is 0.462. The molecule has 0 fully saturated rings. The van der Waals surface area contributed by atoms with E-state index in [2.05, 4.69) is 50.5 Å². The third-order valence-corrected chi connectivity index (χ3v) is 3.75. The van der Waals surface area contributed by atoms with Crippen LogP contribution in [0, 0.1) is 0 Å². The van der Waals surface area contributed by atoms with Crippen molar-refractivity contribution in [1.29, 1.82) is 0 Å². The summed E-state index contributed by atoms with van der Waals surface area (Å²) in [5.41, 5.74) is 0. The number of anilines is 2. The zero-order chi connectivity index (χ0) is 14.5. The number of nitrogens with zero attached hydrogens (tertiary/aromatic N) is 4. The summed E-state index contributed by atoms with van der Waals surface area (Å²) in [6.07, 6.45) is 0. The zero-order valence-electron chi connectivity index (χ0n) is 11.8. The first-order valence-electron chi connectivity index (χ1n) is 6.54. The molecule has 0 atom stereocenters. The Morgan fingerprint density at radius 1 is 1.35 bits per heavy atom. The van der Waals surface area contributed by atoms with Crippen molar-refractivity contribution in [2.24, 2.45) is 0 Å². The minimum absolute atomic E-state index is 0.211. The van der Waals surface area contributed by atoms with Gasteiger partial charge in [-0.05, 0) is 43.8 Å². The lowest BCUT2D eigenvalue weighted by Crippen LogP contribution is -2.31. The Balaban J connectivity index is 2.28. The number of aromatic nitrogens is 3. The molecule has 0 spiro atoms. The maximum Gasteiger partial charge on any atom is 0.232 e. The lowest BCUT2D eigenvalue weighted by molar-refractivity contribution is 0.662. The SMILES string of the molecule is CCNc1nc(Cl)nc(N(Cc2cccs2)C(C)C)n1. The molecule has 7 heteroatoms. The normalized spacial score (nSPS) is 10.8. The summed E-state index contributed by atoms with van der Waals surface area (Å²) in [6, 6.07) is 4.42. The fourth-order valence-electron chi connectivity index (χ4n) is 1.76. The molecule has 0 aliphatic rings. The molecule has 0 aromatic carbocycles. The maximum absolute atomic E-state index is 5.99. The molecule has 0 amide bonds. The van der Waals surface area contributed by atoms with Crippen LogP contribution in [-0.4, -0.2) is 27.5 Å². The van der Waals surface area contributed by atoms with Gasteiger partial charge in [0.2, 0.25) is 17.2 Å². The van der Waals surface area contributed by atoms with E-state index in [1.807, 2.05) is 13.0 Å². The summed E-state index contributed by atoms with van der Waals surface area (Å²) < 4.78 is 0. The van der Waals surface area contributed by atoms with Crippen molar-refractivity contribution in [2.45, 2.75) is 33.4 Å². The molecule has 2 rings (SSSR count). The summed E-state index contributed by atoms with van der Waals surface area (Å²) in [7, 11) is 0. The van der Waals surface area contributed by atoms with Crippen molar-refractivity contribution in [3.8, 4) is 0 Å². The summed E-state index contributed by atoms with van der Waals surface area (Å²) in [6.45, 7) is 7.72. The van der Waals surface area contributed by atoms with Crippen LogP contribution in [-0.2, 0) is 6.54 Å². The predicted octanol–water partition coefficient (Wildman–Crippen LogP) is 3.43. The van der Waals surface area contributed by atoms with E-state index in [0.717, 1.165) is 13.1 Å². The molecule has 20 heavy (non-hydrogen) atoms. The molecule has 0 unspecified atom stereocenters. The van der Waals surface area contributed by atoms with E-state index in [0.29, 0.717) is 11.9 Å². The number of hydrogen-bond acceptors (Lipinski definition) is 6. The molecule has 2 aromatic heterocycles. The predicted molar refractivity (Wildman–Crippen MR) is 84.6 cm³/mol. The number of halogens is 1. The van der Waals surface area contributed by atoms with Crippen LogP contribution in [0.5, 0.6) is 0 Å². The first-order valence-corrected chi connectivity index (χ1v) is 7.80. The standard InChI is InChI=1S/C13H18ClN5S/c1-4-15-12-16-11(14)17-13(18-12)19(9(2)3)8-10-6-5-7-20-10/h5-7,9H,4,8H2,1-3H3,(H,15,16,17,18). The molecule has 108 valence electrons. The molecular formula is C13H18ClN5S. The Hall–Kier alpha value is -1.40. The van der Waals surface area contributed by atoms with Crippen molar-refractivity contribution in [3.63, 3.8) is 0 Å². The van der Waals surface area contributed by atoms with Crippen LogP contribution in [0.4, 0.5) is 11.9 Å². The second-order valence-electron chi connectivity index (χ2n) is 4.56. The summed E-state index contributed by atoms with van der Waals surface area (Å²) in [4.78, 5) is 16.1. The van der Waals surface area contributed by atoms with Crippen molar-refractivity contribution in [3.05, 3.63) is 27.7 Å². The molecule has 2 heterocycles. The third-order valence-electron chi connectivity index (χ3n) is 2.72. The van der Waals surface area contributed by atoms with Crippen LogP contribution in [0.15, 0.2) is 17.5 Å². The minimum Gasteiger partial charge on any atom is -0.354 e. The van der Waals surface area contributed by atoms with E-state index in [1.54, 1.807) is 11.3 Å². The second-order valence-corrected chi connectivity index (χ2v) is 5.93. The Morgan fingerprint density at radius 2 is 2.15 bits per heavy atom. The minimum atomic E-state index is 0.211. The van der Waals surface area contributed by atoms with Gasteiger partial charge in [0.1, 0.15) is 0 Å². The lowest BCUT2D eigenvalue weighted by atomic mass is 10.3. The summed E-state index contributed by atoms with van der Waals surface area (Å²) in [5.74, 6) is 1.11. The first kappa shape index (κ1) is 15.0. The average molecular weight is 312 g/mol. The maximum atomic E-state index is 5.99. The topological polar surface area (TPSA) is 53.9 Å². The van der Waals surface area contributed by atoms with E-state index in [4.69, 9.17) is 11.6 Å². The molecule has 0 aliphatic heterocycles. The van der Waals surface area contributed by atoms with E-state index in [1.165, 1.54) is 4.88 Å². The van der Waals surface area contributed by atoms with E-state index in [9.17, 15) is 0 Å². The Bertz CT molecular complexity index is 544. The molecule has 1 N–H and O–H groups in total. The molecule has 0 saturated carbocycles. The van der Waals surface area contributed by atoms with Crippen LogP contribution in [0.1, 0.15) is 25.6 Å². The van der Waals surface area contributed by atoms with Gasteiger partial charge in [0, 0.05) is 17.5 Å². The van der Waals surface area contributed by atoms with Gasteiger partial charge in [0.15, 0.2) is 0 Å². The molecule has 0 saturated heterocycles. The van der Waals surface area contributed by atoms with Gasteiger partial charge in [-0.3, -0.25) is 0 Å². The molecular weight excluding hydrogens is 294 g/mol. The van der Waals surface area contributed by atoms with Crippen LogP contribution >= 0.6 is 22.9 Å². The largest absolute Gasteiger partial charge is 0.354 e. The number of rotatable bonds is 6. The Kier molecular flexibility index (Phi) is 5.14. The van der Waals surface area contributed by atoms with Crippen molar-refractivity contribution in [2.75, 3.05) is 16.8 Å². The number of nitrogens with one attached hydrogen (secondary N) is 1. The lowest BCUT2D eigenvalue weighted by Gasteiger charge is -2.26. The van der Waals surface area contributed by atoms with Gasteiger partial charge in [-0.15, -0.1) is 11.3 Å². The van der Waals surface area contributed by atoms with Gasteiger partial charge in [-0.1, -0.05) is 6.07 Å². The highest BCUT2D eigenvalue weighted by atomic mass is 35.5. The van der Waals surface area contributed by atoms with Crippen LogP contribution in [0.2, 0.25) is 5.28 Å². The monoisotopic (exact) mass is 311 g/mol. The van der Waals surface area contributed by atoms with Crippen LogP contribution < -0.4 is 10.2 Å². The highest BCUT2D eigenvalue weighted by molar-refractivity contribution is 7.09. The number of hydrogen-bond donors (Lipinski definition) is 1. The average Bonchev–Trinajstić information content (AvgIpc) is 2.88. The van der Waals surface area contributed by atoms with E-state index < -0.39 is 0 Å². The van der Waals surface area contributed by atoms with Crippen molar-refractivity contribution in [1.82, 2.24) is 15.0 Å². The molecule has 2 aromatic rings. The smallest absolute Gasteiger partial charge is 0.232 e. The van der Waals surface area contributed by atoms with Crippen LogP contribution in [0.3, 0.4) is 0 Å². The second kappa shape index (κ2) is 6.85. The van der Waals surface area contributed by atoms with Gasteiger partial charge >= 0.3 is 0 Å². The summed E-state index contributed by atoms with van der Waals surface area (Å²) >= 11 is 7.71. The van der Waals surface area contributed by atoms with Gasteiger partial charge in [-0.25, -0.2) is 0 Å². The zero-order valence-corrected chi connectivity index (χ0v) is 13.4. The molecule has 0 bridgehead atoms. The Labute approximate surface area is 128 Å². The molecule has 5 nitrogen and oxygen atoms in total. The fourth-order valence-corrected chi connectivity index (χ4v) is 2.62. The van der Waals surface area contributed by atoms with Crippen LogP contribution in [0.25, 0.3) is 0 Å². The van der Waals surface area contributed by atoms with E-state index >= 15 is 0 Å². The quantitative estimate of drug-likeness (QED) is 0.885. The highest BCUT2D eigenvalue weighted by Gasteiger charge is 2.17. The van der Waals surface area contributed by atoms with E-state index in [-0.39, 0.29) is 11.3 Å². The first-order chi connectivity index (χ1) is 9.60.